The summed E-state index contributed by atoms with van der Waals surface area (Å²) in [6.45, 7) is 7.24. The Balaban J connectivity index is 0.00000156. The lowest BCUT2D eigenvalue weighted by Crippen LogP contribution is -2.53. The van der Waals surface area contributed by atoms with Gasteiger partial charge in [-0.05, 0) is 98.7 Å². The first-order valence-electron chi connectivity index (χ1n) is 10.1. The van der Waals surface area contributed by atoms with Gasteiger partial charge in [0.25, 0.3) is 0 Å². The summed E-state index contributed by atoms with van der Waals surface area (Å²) in [7, 11) is 0. The van der Waals surface area contributed by atoms with Gasteiger partial charge < -0.3 is 5.11 Å². The Morgan fingerprint density at radius 1 is 0.826 bits per heavy atom. The monoisotopic (exact) mass is 320 g/mol. The predicted molar refractivity (Wildman–Crippen MR) is 98.2 cm³/mol. The van der Waals surface area contributed by atoms with Crippen molar-refractivity contribution in [2.24, 2.45) is 40.4 Å². The molecule has 4 saturated carbocycles. The Morgan fingerprint density at radius 3 is 2.30 bits per heavy atom. The van der Waals surface area contributed by atoms with Crippen LogP contribution in [0.15, 0.2) is 0 Å². The average molecular weight is 321 g/mol. The van der Waals surface area contributed by atoms with Crippen molar-refractivity contribution in [2.45, 2.75) is 98.5 Å². The largest absolute Gasteiger partial charge is 0.393 e. The minimum atomic E-state index is -0.104. The standard InChI is InChI=1S/C21H36O.CH4/c1-14(22)17-9-10-18-16-8-7-15-6-4-5-12-20(15,2)19(16)11-13-21(17,18)3;/h14-19,22H,4-13H2,1-3H3;1H4. The molecule has 0 saturated heterocycles. The normalized spacial score (nSPS) is 53.5. The summed E-state index contributed by atoms with van der Waals surface area (Å²) in [6.07, 6.45) is 14.4. The number of hydrogen-bond acceptors (Lipinski definition) is 1. The number of hydrogen-bond donors (Lipinski definition) is 1. The van der Waals surface area contributed by atoms with Crippen molar-refractivity contribution in [3.05, 3.63) is 0 Å². The van der Waals surface area contributed by atoms with Gasteiger partial charge in [0.15, 0.2) is 0 Å². The van der Waals surface area contributed by atoms with Crippen molar-refractivity contribution in [1.82, 2.24) is 0 Å². The fraction of sp³-hybridized carbons (Fsp3) is 1.00. The molecule has 4 fully saturated rings. The molecule has 0 aromatic rings. The van der Waals surface area contributed by atoms with Crippen LogP contribution in [0.5, 0.6) is 0 Å². The van der Waals surface area contributed by atoms with Crippen molar-refractivity contribution >= 4 is 0 Å². The van der Waals surface area contributed by atoms with Gasteiger partial charge in [-0.25, -0.2) is 0 Å². The summed E-state index contributed by atoms with van der Waals surface area (Å²) >= 11 is 0. The first-order chi connectivity index (χ1) is 10.5. The van der Waals surface area contributed by atoms with E-state index in [1.807, 2.05) is 6.92 Å². The van der Waals surface area contributed by atoms with Crippen LogP contribution in [0.25, 0.3) is 0 Å². The lowest BCUT2D eigenvalue weighted by atomic mass is 9.45. The molecule has 0 aliphatic heterocycles. The van der Waals surface area contributed by atoms with Crippen LogP contribution < -0.4 is 0 Å². The molecule has 0 heterocycles. The molecule has 8 unspecified atom stereocenters. The van der Waals surface area contributed by atoms with Crippen molar-refractivity contribution in [2.75, 3.05) is 0 Å². The van der Waals surface area contributed by atoms with E-state index in [-0.39, 0.29) is 13.5 Å². The zero-order valence-electron chi connectivity index (χ0n) is 15.0. The fourth-order valence-corrected chi connectivity index (χ4v) is 8.13. The molecule has 4 aliphatic rings. The highest BCUT2D eigenvalue weighted by Gasteiger charge is 2.60. The Kier molecular flexibility index (Phi) is 4.67. The van der Waals surface area contributed by atoms with Gasteiger partial charge in [0.05, 0.1) is 6.10 Å². The molecule has 0 radical (unpaired) electrons. The maximum Gasteiger partial charge on any atom is 0.0545 e. The van der Waals surface area contributed by atoms with Crippen LogP contribution in [0, 0.1) is 40.4 Å². The third-order valence-electron chi connectivity index (χ3n) is 9.24. The SMILES string of the molecule is C.CC(O)C1CCC2C3CCC4CCCCC4(C)C3CCC12C. The minimum absolute atomic E-state index is 0. The van der Waals surface area contributed by atoms with Crippen molar-refractivity contribution < 1.29 is 5.11 Å². The van der Waals surface area contributed by atoms with Crippen molar-refractivity contribution in [1.29, 1.82) is 0 Å². The van der Waals surface area contributed by atoms with Gasteiger partial charge in [0.1, 0.15) is 0 Å². The summed E-state index contributed by atoms with van der Waals surface area (Å²) in [4.78, 5) is 0. The lowest BCUT2D eigenvalue weighted by molar-refractivity contribution is -0.118. The van der Waals surface area contributed by atoms with E-state index >= 15 is 0 Å². The smallest absolute Gasteiger partial charge is 0.0545 e. The molecule has 8 atom stereocenters. The van der Waals surface area contributed by atoms with Gasteiger partial charge in [-0.1, -0.05) is 34.1 Å². The van der Waals surface area contributed by atoms with Crippen LogP contribution in [0.2, 0.25) is 0 Å². The van der Waals surface area contributed by atoms with Crippen molar-refractivity contribution in [3.63, 3.8) is 0 Å². The van der Waals surface area contributed by atoms with Gasteiger partial charge >= 0.3 is 0 Å². The average Bonchev–Trinajstić information content (AvgIpc) is 2.84. The van der Waals surface area contributed by atoms with E-state index in [2.05, 4.69) is 13.8 Å². The Labute approximate surface area is 144 Å². The molecular formula is C22H40O. The highest BCUT2D eigenvalue weighted by Crippen LogP contribution is 2.67. The third kappa shape index (κ3) is 2.43. The minimum Gasteiger partial charge on any atom is -0.393 e. The van der Waals surface area contributed by atoms with Crippen LogP contribution >= 0.6 is 0 Å². The topological polar surface area (TPSA) is 20.2 Å². The van der Waals surface area contributed by atoms with E-state index in [1.165, 1.54) is 64.2 Å². The summed E-state index contributed by atoms with van der Waals surface area (Å²) in [6, 6.07) is 0. The van der Waals surface area contributed by atoms with E-state index in [1.54, 1.807) is 0 Å². The van der Waals surface area contributed by atoms with E-state index < -0.39 is 0 Å². The lowest BCUT2D eigenvalue weighted by Gasteiger charge is -2.60. The van der Waals surface area contributed by atoms with Gasteiger partial charge in [0, 0.05) is 0 Å². The molecule has 0 aromatic heterocycles. The van der Waals surface area contributed by atoms with Gasteiger partial charge in [0.2, 0.25) is 0 Å². The fourth-order valence-electron chi connectivity index (χ4n) is 8.13. The maximum atomic E-state index is 10.3. The summed E-state index contributed by atoms with van der Waals surface area (Å²) < 4.78 is 0. The van der Waals surface area contributed by atoms with Crippen LogP contribution in [0.1, 0.15) is 92.4 Å². The molecule has 0 bridgehead atoms. The third-order valence-corrected chi connectivity index (χ3v) is 9.24. The molecule has 4 aliphatic carbocycles. The van der Waals surface area contributed by atoms with Crippen LogP contribution in [-0.2, 0) is 0 Å². The van der Waals surface area contributed by atoms with Gasteiger partial charge in [-0.3, -0.25) is 0 Å². The second-order valence-electron chi connectivity index (χ2n) is 9.87. The van der Waals surface area contributed by atoms with Gasteiger partial charge in [-0.2, -0.15) is 0 Å². The number of fused-ring (bicyclic) bond motifs is 5. The van der Waals surface area contributed by atoms with Gasteiger partial charge in [-0.15, -0.1) is 0 Å². The molecular weight excluding hydrogens is 280 g/mol. The summed E-state index contributed by atoms with van der Waals surface area (Å²) in [5.74, 6) is 4.47. The van der Waals surface area contributed by atoms with E-state index in [9.17, 15) is 5.11 Å². The molecule has 23 heavy (non-hydrogen) atoms. The van der Waals surface area contributed by atoms with E-state index in [0.717, 1.165) is 23.7 Å². The molecule has 134 valence electrons. The molecule has 0 spiro atoms. The molecule has 1 N–H and O–H groups in total. The highest BCUT2D eigenvalue weighted by molar-refractivity contribution is 5.09. The summed E-state index contributed by atoms with van der Waals surface area (Å²) in [5.41, 5.74) is 1.10. The Bertz CT molecular complexity index is 430. The second kappa shape index (κ2) is 6.04. The maximum absolute atomic E-state index is 10.3. The Hall–Kier alpha value is -0.0400. The highest BCUT2D eigenvalue weighted by atomic mass is 16.3. The van der Waals surface area contributed by atoms with Crippen molar-refractivity contribution in [3.8, 4) is 0 Å². The molecule has 4 rings (SSSR count). The first-order valence-corrected chi connectivity index (χ1v) is 10.1. The molecule has 0 amide bonds. The first kappa shape index (κ1) is 17.8. The second-order valence-corrected chi connectivity index (χ2v) is 9.87. The zero-order valence-corrected chi connectivity index (χ0v) is 15.0. The van der Waals surface area contributed by atoms with E-state index in [4.69, 9.17) is 0 Å². The number of aliphatic hydroxyl groups is 1. The van der Waals surface area contributed by atoms with Crippen LogP contribution in [0.4, 0.5) is 0 Å². The quantitative estimate of drug-likeness (QED) is 0.623. The van der Waals surface area contributed by atoms with Crippen LogP contribution in [0.3, 0.4) is 0 Å². The Morgan fingerprint density at radius 2 is 1.57 bits per heavy atom. The molecule has 1 nitrogen and oxygen atoms in total. The zero-order chi connectivity index (χ0) is 15.5. The predicted octanol–water partition coefficient (Wildman–Crippen LogP) is 6.05. The van der Waals surface area contributed by atoms with Crippen LogP contribution in [-0.4, -0.2) is 11.2 Å². The number of rotatable bonds is 1. The van der Waals surface area contributed by atoms with E-state index in [0.29, 0.717) is 16.7 Å². The molecule has 0 aromatic carbocycles. The number of aliphatic hydroxyl groups excluding tert-OH is 1. The summed E-state index contributed by atoms with van der Waals surface area (Å²) in [5, 5.41) is 10.3. The molecule has 1 heteroatoms.